The molecule has 1 fully saturated rings. The van der Waals surface area contributed by atoms with E-state index in [2.05, 4.69) is 10.3 Å². The summed E-state index contributed by atoms with van der Waals surface area (Å²) in [7, 11) is 0. The van der Waals surface area contributed by atoms with Crippen LogP contribution in [0.15, 0.2) is 18.3 Å². The van der Waals surface area contributed by atoms with E-state index in [0.717, 1.165) is 12.8 Å². The number of hydrogen-bond acceptors (Lipinski definition) is 3. The number of rotatable bonds is 4. The molecule has 1 aromatic heterocycles. The normalized spacial score (nSPS) is 16.6. The van der Waals surface area contributed by atoms with Crippen LogP contribution in [-0.2, 0) is 4.79 Å². The van der Waals surface area contributed by atoms with Crippen molar-refractivity contribution in [1.82, 2.24) is 10.3 Å². The maximum atomic E-state index is 12.5. The lowest BCUT2D eigenvalue weighted by Crippen LogP contribution is -2.37. The summed E-state index contributed by atoms with van der Waals surface area (Å²) < 4.78 is 17.8. The molecule has 1 heterocycles. The van der Waals surface area contributed by atoms with Crippen molar-refractivity contribution in [3.8, 4) is 5.75 Å². The molecule has 0 aliphatic heterocycles. The molecule has 1 aliphatic carbocycles. The Morgan fingerprint density at radius 1 is 1.62 bits per heavy atom. The Hall–Kier alpha value is -1.65. The second-order valence-corrected chi connectivity index (χ2v) is 3.86. The molecule has 0 saturated heterocycles. The number of hydrogen-bond donors (Lipinski definition) is 1. The molecular formula is C11H13FN2O2. The summed E-state index contributed by atoms with van der Waals surface area (Å²) in [4.78, 5) is 15.0. The fraction of sp³-hybridized carbons (Fsp3) is 0.455. The van der Waals surface area contributed by atoms with Gasteiger partial charge in [-0.15, -0.1) is 0 Å². The monoisotopic (exact) mass is 224 g/mol. The highest BCUT2D eigenvalue weighted by Gasteiger charge is 2.26. The molecule has 1 unspecified atom stereocenters. The maximum absolute atomic E-state index is 12.5. The predicted octanol–water partition coefficient (Wildman–Crippen LogP) is 1.27. The van der Waals surface area contributed by atoms with Crippen molar-refractivity contribution in [3.63, 3.8) is 0 Å². The lowest BCUT2D eigenvalue weighted by atomic mass is 10.3. The van der Waals surface area contributed by atoms with Crippen molar-refractivity contribution in [1.29, 1.82) is 0 Å². The summed E-state index contributed by atoms with van der Waals surface area (Å²) in [6.07, 6.45) is 2.75. The number of nitrogens with zero attached hydrogens (tertiary/aromatic N) is 1. The van der Waals surface area contributed by atoms with Gasteiger partial charge in [0.05, 0.1) is 6.20 Å². The standard InChI is InChI=1S/C11H13FN2O2/c1-7(11(15)14-8-2-3-8)16-9-4-5-10(12)13-6-9/h4-8H,2-3H2,1H3,(H,14,15). The van der Waals surface area contributed by atoms with Gasteiger partial charge in [0, 0.05) is 6.04 Å². The number of nitrogens with one attached hydrogen (secondary N) is 1. The first-order valence-electron chi connectivity index (χ1n) is 5.24. The van der Waals surface area contributed by atoms with Crippen LogP contribution in [0.3, 0.4) is 0 Å². The van der Waals surface area contributed by atoms with Crippen molar-refractivity contribution in [3.05, 3.63) is 24.3 Å². The second kappa shape index (κ2) is 4.47. The van der Waals surface area contributed by atoms with Crippen molar-refractivity contribution in [2.75, 3.05) is 0 Å². The molecule has 1 atom stereocenters. The van der Waals surface area contributed by atoms with Gasteiger partial charge in [0.15, 0.2) is 6.10 Å². The molecular weight excluding hydrogens is 211 g/mol. The van der Waals surface area contributed by atoms with Gasteiger partial charge in [-0.3, -0.25) is 4.79 Å². The average Bonchev–Trinajstić information content (AvgIpc) is 3.05. The molecule has 86 valence electrons. The quantitative estimate of drug-likeness (QED) is 0.783. The van der Waals surface area contributed by atoms with E-state index >= 15 is 0 Å². The summed E-state index contributed by atoms with van der Waals surface area (Å²) in [5.41, 5.74) is 0. The summed E-state index contributed by atoms with van der Waals surface area (Å²) in [6.45, 7) is 1.65. The topological polar surface area (TPSA) is 51.2 Å². The fourth-order valence-electron chi connectivity index (χ4n) is 1.24. The fourth-order valence-corrected chi connectivity index (χ4v) is 1.24. The molecule has 1 amide bonds. The molecule has 5 heteroatoms. The summed E-state index contributed by atoms with van der Waals surface area (Å²) in [6, 6.07) is 2.95. The van der Waals surface area contributed by atoms with Crippen molar-refractivity contribution < 1.29 is 13.9 Å². The molecule has 4 nitrogen and oxygen atoms in total. The Morgan fingerprint density at radius 2 is 2.38 bits per heavy atom. The Balaban J connectivity index is 1.87. The molecule has 0 bridgehead atoms. The summed E-state index contributed by atoms with van der Waals surface area (Å²) in [5, 5.41) is 2.83. The zero-order chi connectivity index (χ0) is 11.5. The van der Waals surface area contributed by atoms with Crippen LogP contribution in [0.5, 0.6) is 5.75 Å². The van der Waals surface area contributed by atoms with E-state index in [0.29, 0.717) is 11.8 Å². The van der Waals surface area contributed by atoms with Gasteiger partial charge in [0.1, 0.15) is 5.75 Å². The zero-order valence-corrected chi connectivity index (χ0v) is 8.94. The van der Waals surface area contributed by atoms with E-state index in [1.54, 1.807) is 6.92 Å². The van der Waals surface area contributed by atoms with E-state index in [1.165, 1.54) is 18.3 Å². The molecule has 2 rings (SSSR count). The van der Waals surface area contributed by atoms with E-state index < -0.39 is 12.1 Å². The smallest absolute Gasteiger partial charge is 0.260 e. The highest BCUT2D eigenvalue weighted by Crippen LogP contribution is 2.19. The Labute approximate surface area is 92.8 Å². The first-order valence-corrected chi connectivity index (χ1v) is 5.24. The molecule has 0 spiro atoms. The maximum Gasteiger partial charge on any atom is 0.260 e. The number of aromatic nitrogens is 1. The zero-order valence-electron chi connectivity index (χ0n) is 8.94. The highest BCUT2D eigenvalue weighted by molar-refractivity contribution is 5.81. The lowest BCUT2D eigenvalue weighted by Gasteiger charge is -2.13. The van der Waals surface area contributed by atoms with Gasteiger partial charge in [-0.25, -0.2) is 4.98 Å². The number of ether oxygens (including phenoxy) is 1. The Morgan fingerprint density at radius 3 is 2.94 bits per heavy atom. The molecule has 1 aliphatic rings. The largest absolute Gasteiger partial charge is 0.479 e. The van der Waals surface area contributed by atoms with E-state index in [4.69, 9.17) is 4.74 Å². The van der Waals surface area contributed by atoms with Gasteiger partial charge >= 0.3 is 0 Å². The minimum atomic E-state index is -0.590. The van der Waals surface area contributed by atoms with Crippen LogP contribution >= 0.6 is 0 Å². The summed E-state index contributed by atoms with van der Waals surface area (Å²) >= 11 is 0. The molecule has 0 radical (unpaired) electrons. The van der Waals surface area contributed by atoms with E-state index in [1.807, 2.05) is 0 Å². The molecule has 1 aromatic rings. The minimum Gasteiger partial charge on any atom is -0.479 e. The third kappa shape index (κ3) is 2.92. The number of halogens is 1. The van der Waals surface area contributed by atoms with Crippen LogP contribution in [0.4, 0.5) is 4.39 Å². The van der Waals surface area contributed by atoms with E-state index in [9.17, 15) is 9.18 Å². The minimum absolute atomic E-state index is 0.146. The van der Waals surface area contributed by atoms with Crippen LogP contribution in [0.2, 0.25) is 0 Å². The van der Waals surface area contributed by atoms with Crippen molar-refractivity contribution in [2.24, 2.45) is 0 Å². The molecule has 1 N–H and O–H groups in total. The first kappa shape index (κ1) is 10.9. The van der Waals surface area contributed by atoms with Gasteiger partial charge in [-0.2, -0.15) is 4.39 Å². The van der Waals surface area contributed by atoms with Gasteiger partial charge < -0.3 is 10.1 Å². The molecule has 0 aromatic carbocycles. The highest BCUT2D eigenvalue weighted by atomic mass is 19.1. The van der Waals surface area contributed by atoms with Gasteiger partial charge in [0.2, 0.25) is 5.95 Å². The molecule has 16 heavy (non-hydrogen) atoms. The third-order valence-electron chi connectivity index (χ3n) is 2.31. The van der Waals surface area contributed by atoms with Gasteiger partial charge in [-0.1, -0.05) is 0 Å². The average molecular weight is 224 g/mol. The Bertz CT molecular complexity index is 376. The first-order chi connectivity index (χ1) is 7.65. The second-order valence-electron chi connectivity index (χ2n) is 3.86. The SMILES string of the molecule is CC(Oc1ccc(F)nc1)C(=O)NC1CC1. The summed E-state index contributed by atoms with van der Waals surface area (Å²) in [5.74, 6) is -0.325. The van der Waals surface area contributed by atoms with E-state index in [-0.39, 0.29) is 5.91 Å². The Kier molecular flexibility index (Phi) is 3.03. The number of carbonyl (C=O) groups excluding carboxylic acids is 1. The van der Waals surface area contributed by atoms with Crippen LogP contribution in [0, 0.1) is 5.95 Å². The van der Waals surface area contributed by atoms with Crippen LogP contribution in [0.1, 0.15) is 19.8 Å². The van der Waals surface area contributed by atoms with Crippen molar-refractivity contribution >= 4 is 5.91 Å². The number of carbonyl (C=O) groups is 1. The van der Waals surface area contributed by atoms with Crippen LogP contribution < -0.4 is 10.1 Å². The predicted molar refractivity (Wildman–Crippen MR) is 55.4 cm³/mol. The van der Waals surface area contributed by atoms with Crippen LogP contribution in [-0.4, -0.2) is 23.0 Å². The third-order valence-corrected chi connectivity index (χ3v) is 2.31. The number of pyridine rings is 1. The van der Waals surface area contributed by atoms with Gasteiger partial charge in [-0.05, 0) is 31.9 Å². The van der Waals surface area contributed by atoms with Crippen molar-refractivity contribution in [2.45, 2.75) is 31.9 Å². The van der Waals surface area contributed by atoms with Gasteiger partial charge in [0.25, 0.3) is 5.91 Å². The number of amides is 1. The lowest BCUT2D eigenvalue weighted by molar-refractivity contribution is -0.127. The molecule has 1 saturated carbocycles. The van der Waals surface area contributed by atoms with Crippen LogP contribution in [0.25, 0.3) is 0 Å².